The number of aromatic nitrogens is 2. The first-order chi connectivity index (χ1) is 8.39. The Morgan fingerprint density at radius 3 is 2.67 bits per heavy atom. The summed E-state index contributed by atoms with van der Waals surface area (Å²) in [7, 11) is 0. The summed E-state index contributed by atoms with van der Waals surface area (Å²) < 4.78 is 4.06. The average Bonchev–Trinajstić information content (AvgIpc) is 2.55. The summed E-state index contributed by atoms with van der Waals surface area (Å²) in [4.78, 5) is 28.3. The van der Waals surface area contributed by atoms with Crippen LogP contribution in [-0.4, -0.2) is 41.0 Å². The summed E-state index contributed by atoms with van der Waals surface area (Å²) in [5, 5.41) is 28.0. The van der Waals surface area contributed by atoms with Gasteiger partial charge in [-0.25, -0.2) is 10.1 Å². The van der Waals surface area contributed by atoms with E-state index in [0.29, 0.717) is 0 Å². The molecule has 0 amide bonds. The second-order valence-corrected chi connectivity index (χ2v) is 5.14. The minimum absolute atomic E-state index is 0.608. The Morgan fingerprint density at radius 2 is 2.17 bits per heavy atom. The topological polar surface area (TPSA) is 134 Å². The number of rotatable bonds is 2. The Bertz CT molecular complexity index is 557. The highest BCUT2D eigenvalue weighted by Crippen LogP contribution is 2.41. The molecule has 1 fully saturated rings. The molecule has 4 atom stereocenters. The van der Waals surface area contributed by atoms with Gasteiger partial charge in [0.2, 0.25) is 0 Å². The average molecular weight is 372 g/mol. The van der Waals surface area contributed by atoms with Gasteiger partial charge in [0.05, 0.1) is 0 Å². The van der Waals surface area contributed by atoms with Crippen molar-refractivity contribution in [3.8, 4) is 0 Å². The molecule has 0 spiro atoms. The lowest BCUT2D eigenvalue weighted by Gasteiger charge is -2.20. The van der Waals surface area contributed by atoms with E-state index in [2.05, 4.69) is 4.89 Å². The number of nitrogens with zero attached hydrogens (tertiary/aromatic N) is 1. The zero-order valence-electron chi connectivity index (χ0n) is 8.69. The van der Waals surface area contributed by atoms with E-state index in [9.17, 15) is 19.8 Å². The van der Waals surface area contributed by atoms with Gasteiger partial charge in [0.25, 0.3) is 9.35 Å². The van der Waals surface area contributed by atoms with E-state index in [-0.39, 0.29) is 0 Å². The summed E-state index contributed by atoms with van der Waals surface area (Å²) in [5.41, 5.74) is -1.43. The van der Waals surface area contributed by atoms with Gasteiger partial charge in [-0.2, -0.15) is 4.89 Å². The number of aromatic amines is 1. The van der Waals surface area contributed by atoms with Crippen LogP contribution in [0.3, 0.4) is 0 Å². The number of nitrogens with one attached hydrogen (secondary N) is 1. The van der Waals surface area contributed by atoms with Crippen molar-refractivity contribution < 1.29 is 25.1 Å². The third-order valence-electron chi connectivity index (χ3n) is 2.50. The van der Waals surface area contributed by atoms with E-state index in [1.54, 1.807) is 0 Å². The van der Waals surface area contributed by atoms with Crippen molar-refractivity contribution in [1.82, 2.24) is 9.55 Å². The first kappa shape index (κ1) is 13.6. The van der Waals surface area contributed by atoms with E-state index in [0.717, 1.165) is 16.8 Å². The van der Waals surface area contributed by atoms with Crippen LogP contribution in [0.2, 0.25) is 0 Å². The van der Waals surface area contributed by atoms with Crippen LogP contribution in [0.4, 0.5) is 0 Å². The maximum atomic E-state index is 11.5. The predicted molar refractivity (Wildman–Crippen MR) is 63.9 cm³/mol. The van der Waals surface area contributed by atoms with Gasteiger partial charge in [0, 0.05) is 12.3 Å². The highest BCUT2D eigenvalue weighted by Gasteiger charge is 2.55. The molecule has 4 N–H and O–H groups in total. The predicted octanol–water partition coefficient (Wildman–Crippen LogP) is -1.63. The smallest absolute Gasteiger partial charge is 0.330 e. The Balaban J connectivity index is 2.41. The number of aliphatic hydroxyl groups is 2. The fourth-order valence-corrected chi connectivity index (χ4v) is 2.22. The Hall–Kier alpha value is -0.790. The Labute approximate surface area is 113 Å². The maximum Gasteiger partial charge on any atom is 0.330 e. The molecule has 9 nitrogen and oxygen atoms in total. The molecule has 1 aromatic rings. The van der Waals surface area contributed by atoms with Crippen LogP contribution in [0.1, 0.15) is 6.23 Å². The zero-order valence-corrected chi connectivity index (χ0v) is 10.8. The molecule has 0 aliphatic carbocycles. The van der Waals surface area contributed by atoms with E-state index in [4.69, 9.17) is 9.99 Å². The summed E-state index contributed by atoms with van der Waals surface area (Å²) in [5.74, 6) is 0. The minimum Gasteiger partial charge on any atom is -0.385 e. The van der Waals surface area contributed by atoms with Crippen molar-refractivity contribution in [3.05, 3.63) is 33.1 Å². The zero-order chi connectivity index (χ0) is 13.5. The molecule has 2 rings (SSSR count). The van der Waals surface area contributed by atoms with Crippen LogP contribution >= 0.6 is 22.6 Å². The van der Waals surface area contributed by atoms with Gasteiger partial charge in [-0.05, 0) is 22.6 Å². The Kier molecular flexibility index (Phi) is 3.57. The van der Waals surface area contributed by atoms with Crippen LogP contribution in [0.15, 0.2) is 21.9 Å². The van der Waals surface area contributed by atoms with Crippen molar-refractivity contribution in [2.45, 2.75) is 22.2 Å². The molecule has 100 valence electrons. The van der Waals surface area contributed by atoms with Crippen molar-refractivity contribution >= 4 is 22.6 Å². The van der Waals surface area contributed by atoms with Gasteiger partial charge in [-0.1, -0.05) is 0 Å². The quantitative estimate of drug-likeness (QED) is 0.212. The second-order valence-electron chi connectivity index (χ2n) is 3.63. The molecule has 1 aliphatic heterocycles. The lowest BCUT2D eigenvalue weighted by Crippen LogP contribution is -2.40. The van der Waals surface area contributed by atoms with Gasteiger partial charge in [0.1, 0.15) is 6.10 Å². The molecule has 0 aromatic carbocycles. The summed E-state index contributed by atoms with van der Waals surface area (Å²) in [6.07, 6.45) is -3.29. The van der Waals surface area contributed by atoms with Gasteiger partial charge in [0.15, 0.2) is 12.3 Å². The molecular weight excluding hydrogens is 363 g/mol. The maximum absolute atomic E-state index is 11.5. The summed E-state index contributed by atoms with van der Waals surface area (Å²) >= 11 is 1.44. The fraction of sp³-hybridized carbons (Fsp3) is 0.500. The van der Waals surface area contributed by atoms with Crippen LogP contribution in [-0.2, 0) is 9.62 Å². The third kappa shape index (κ3) is 2.10. The minimum atomic E-state index is -1.89. The summed E-state index contributed by atoms with van der Waals surface area (Å²) in [6, 6.07) is 1.05. The van der Waals surface area contributed by atoms with E-state index < -0.39 is 33.5 Å². The highest BCUT2D eigenvalue weighted by atomic mass is 127. The lowest BCUT2D eigenvalue weighted by molar-refractivity contribution is -0.367. The molecule has 18 heavy (non-hydrogen) atoms. The van der Waals surface area contributed by atoms with Gasteiger partial charge >= 0.3 is 5.69 Å². The number of halogens is 1. The van der Waals surface area contributed by atoms with Crippen LogP contribution in [0.25, 0.3) is 0 Å². The van der Waals surface area contributed by atoms with E-state index in [1.807, 2.05) is 4.98 Å². The fourth-order valence-electron chi connectivity index (χ4n) is 1.59. The standard InChI is InChI=1S/C8H9IN2O7/c9-8(18-16)5(14)4(13)6(17-8)11-2-1-3(12)10-7(11)15/h1-2,4-6,13-14,16H,(H,10,12,15)/t4-,5+,6-,8+/m1/s1. The molecule has 0 saturated carbocycles. The number of hydrogen-bond donors (Lipinski definition) is 4. The number of hydrogen-bond acceptors (Lipinski definition) is 7. The van der Waals surface area contributed by atoms with Crippen LogP contribution in [0.5, 0.6) is 0 Å². The molecule has 0 bridgehead atoms. The third-order valence-corrected chi connectivity index (χ3v) is 3.59. The molecule has 0 radical (unpaired) electrons. The van der Waals surface area contributed by atoms with Crippen molar-refractivity contribution in [2.75, 3.05) is 0 Å². The molecule has 1 aromatic heterocycles. The van der Waals surface area contributed by atoms with Crippen molar-refractivity contribution in [1.29, 1.82) is 0 Å². The first-order valence-electron chi connectivity index (χ1n) is 4.76. The van der Waals surface area contributed by atoms with Crippen molar-refractivity contribution in [3.63, 3.8) is 0 Å². The van der Waals surface area contributed by atoms with Gasteiger partial charge in [-0.15, -0.1) is 0 Å². The second kappa shape index (κ2) is 4.71. The largest absolute Gasteiger partial charge is 0.385 e. The van der Waals surface area contributed by atoms with Gasteiger partial charge < -0.3 is 14.9 Å². The summed E-state index contributed by atoms with van der Waals surface area (Å²) in [6.45, 7) is 0. The number of aliphatic hydroxyl groups excluding tert-OH is 2. The number of H-pyrrole nitrogens is 1. The molecule has 0 unspecified atom stereocenters. The Morgan fingerprint density at radius 1 is 1.50 bits per heavy atom. The number of alkyl halides is 1. The molecule has 1 saturated heterocycles. The molecular formula is C8H9IN2O7. The van der Waals surface area contributed by atoms with Gasteiger partial charge in [-0.3, -0.25) is 14.3 Å². The van der Waals surface area contributed by atoms with Crippen LogP contribution < -0.4 is 11.2 Å². The van der Waals surface area contributed by atoms with Crippen molar-refractivity contribution in [2.24, 2.45) is 0 Å². The monoisotopic (exact) mass is 372 g/mol. The van der Waals surface area contributed by atoms with E-state index in [1.165, 1.54) is 22.6 Å². The molecule has 2 heterocycles. The first-order valence-corrected chi connectivity index (χ1v) is 5.84. The van der Waals surface area contributed by atoms with Crippen LogP contribution in [0, 0.1) is 0 Å². The highest BCUT2D eigenvalue weighted by molar-refractivity contribution is 14.1. The van der Waals surface area contributed by atoms with E-state index >= 15 is 0 Å². The number of ether oxygens (including phenoxy) is 1. The normalized spacial score (nSPS) is 35.9. The molecule has 1 aliphatic rings. The SMILES string of the molecule is O=c1ccn([C@@H]2O[C@](I)(OO)[C@@H](O)[C@H]2O)c(=O)[nH]1. The molecule has 10 heteroatoms. The lowest BCUT2D eigenvalue weighted by atomic mass is 10.2.